The van der Waals surface area contributed by atoms with Gasteiger partial charge in [0, 0.05) is 12.6 Å². The Balaban J connectivity index is 1.88. The van der Waals surface area contributed by atoms with E-state index in [1.807, 2.05) is 6.92 Å². The number of halogens is 3. The molecule has 0 aromatic heterocycles. The first-order chi connectivity index (χ1) is 10.0. The summed E-state index contributed by atoms with van der Waals surface area (Å²) in [7, 11) is 0. The molecule has 112 valence electrons. The van der Waals surface area contributed by atoms with E-state index in [2.05, 4.69) is 10.1 Å². The minimum atomic E-state index is -2.81. The molecule has 0 aliphatic heterocycles. The first-order valence-corrected chi connectivity index (χ1v) is 6.57. The lowest BCUT2D eigenvalue weighted by molar-refractivity contribution is -0.0498. The Labute approximate surface area is 121 Å². The van der Waals surface area contributed by atoms with Crippen LogP contribution < -0.4 is 10.1 Å². The highest BCUT2D eigenvalue weighted by Crippen LogP contribution is 2.17. The van der Waals surface area contributed by atoms with Gasteiger partial charge in [-0.1, -0.05) is 24.3 Å². The number of hydrogen-bond donors (Lipinski definition) is 1. The second kappa shape index (κ2) is 7.13. The van der Waals surface area contributed by atoms with Crippen molar-refractivity contribution in [1.29, 1.82) is 0 Å². The van der Waals surface area contributed by atoms with E-state index in [0.717, 1.165) is 11.1 Å². The third-order valence-electron chi connectivity index (χ3n) is 3.13. The van der Waals surface area contributed by atoms with Crippen LogP contribution in [-0.4, -0.2) is 6.61 Å². The van der Waals surface area contributed by atoms with Crippen LogP contribution in [0.25, 0.3) is 0 Å². The standard InChI is InChI=1S/C16H16F3NO/c1-11(13-4-6-14(17)7-5-13)20-10-12-2-8-15(9-3-12)21-16(18)19/h2-9,11,16,20H,10H2,1H3. The predicted molar refractivity (Wildman–Crippen MR) is 74.7 cm³/mol. The van der Waals surface area contributed by atoms with Crippen molar-refractivity contribution in [2.75, 3.05) is 0 Å². The number of benzene rings is 2. The lowest BCUT2D eigenvalue weighted by Gasteiger charge is -2.14. The molecule has 1 atom stereocenters. The lowest BCUT2D eigenvalue weighted by atomic mass is 10.1. The smallest absolute Gasteiger partial charge is 0.387 e. The quantitative estimate of drug-likeness (QED) is 0.859. The monoisotopic (exact) mass is 295 g/mol. The van der Waals surface area contributed by atoms with E-state index in [9.17, 15) is 13.2 Å². The zero-order valence-electron chi connectivity index (χ0n) is 11.5. The second-order valence-electron chi connectivity index (χ2n) is 4.68. The van der Waals surface area contributed by atoms with Gasteiger partial charge in [-0.05, 0) is 42.3 Å². The summed E-state index contributed by atoms with van der Waals surface area (Å²) in [4.78, 5) is 0. The van der Waals surface area contributed by atoms with Gasteiger partial charge in [0.05, 0.1) is 0 Å². The predicted octanol–water partition coefficient (Wildman–Crippen LogP) is 4.28. The molecule has 2 nitrogen and oxygen atoms in total. The van der Waals surface area contributed by atoms with Crippen LogP contribution in [0.1, 0.15) is 24.1 Å². The number of ether oxygens (including phenoxy) is 1. The Kier molecular flexibility index (Phi) is 5.22. The zero-order valence-corrected chi connectivity index (χ0v) is 11.5. The van der Waals surface area contributed by atoms with Gasteiger partial charge in [0.2, 0.25) is 0 Å². The highest BCUT2D eigenvalue weighted by atomic mass is 19.3. The molecule has 1 unspecified atom stereocenters. The largest absolute Gasteiger partial charge is 0.435 e. The van der Waals surface area contributed by atoms with Gasteiger partial charge in [-0.15, -0.1) is 0 Å². The van der Waals surface area contributed by atoms with E-state index in [4.69, 9.17) is 0 Å². The van der Waals surface area contributed by atoms with Crippen LogP contribution in [0.4, 0.5) is 13.2 Å². The molecule has 2 aromatic carbocycles. The maximum absolute atomic E-state index is 12.8. The van der Waals surface area contributed by atoms with E-state index in [1.54, 1.807) is 24.3 Å². The summed E-state index contributed by atoms with van der Waals surface area (Å²) in [6.07, 6.45) is 0. The summed E-state index contributed by atoms with van der Waals surface area (Å²) in [5.74, 6) is -0.124. The van der Waals surface area contributed by atoms with Crippen molar-refractivity contribution in [2.45, 2.75) is 26.1 Å². The van der Waals surface area contributed by atoms with Crippen LogP contribution in [0.2, 0.25) is 0 Å². The van der Waals surface area contributed by atoms with E-state index in [1.165, 1.54) is 24.3 Å². The van der Waals surface area contributed by atoms with Crippen LogP contribution in [0, 0.1) is 5.82 Å². The normalized spacial score (nSPS) is 12.4. The molecule has 0 spiro atoms. The summed E-state index contributed by atoms with van der Waals surface area (Å²) >= 11 is 0. The maximum atomic E-state index is 12.8. The summed E-state index contributed by atoms with van der Waals surface area (Å²) in [5, 5.41) is 3.28. The molecule has 0 aliphatic carbocycles. The Bertz CT molecular complexity index is 555. The molecule has 21 heavy (non-hydrogen) atoms. The number of alkyl halides is 2. The minimum Gasteiger partial charge on any atom is -0.435 e. The molecule has 0 bridgehead atoms. The van der Waals surface area contributed by atoms with Crippen molar-refractivity contribution in [3.8, 4) is 5.75 Å². The van der Waals surface area contributed by atoms with Crippen LogP contribution in [0.5, 0.6) is 5.75 Å². The van der Waals surface area contributed by atoms with Crippen LogP contribution in [-0.2, 0) is 6.54 Å². The van der Waals surface area contributed by atoms with Gasteiger partial charge in [-0.25, -0.2) is 4.39 Å². The fraction of sp³-hybridized carbons (Fsp3) is 0.250. The Hall–Kier alpha value is -2.01. The molecule has 0 radical (unpaired) electrons. The number of rotatable bonds is 6. The first kappa shape index (κ1) is 15.4. The topological polar surface area (TPSA) is 21.3 Å². The summed E-state index contributed by atoms with van der Waals surface area (Å²) in [6, 6.07) is 12.8. The van der Waals surface area contributed by atoms with Gasteiger partial charge < -0.3 is 10.1 Å². The molecule has 2 aromatic rings. The molecule has 1 N–H and O–H groups in total. The molecule has 0 saturated carbocycles. The fourth-order valence-corrected chi connectivity index (χ4v) is 1.93. The molecule has 0 saturated heterocycles. The highest BCUT2D eigenvalue weighted by Gasteiger charge is 2.06. The fourth-order valence-electron chi connectivity index (χ4n) is 1.93. The summed E-state index contributed by atoms with van der Waals surface area (Å²) < 4.78 is 41.2. The van der Waals surface area contributed by atoms with Crippen LogP contribution >= 0.6 is 0 Å². The van der Waals surface area contributed by atoms with Gasteiger partial charge in [0.1, 0.15) is 11.6 Å². The van der Waals surface area contributed by atoms with Crippen molar-refractivity contribution in [3.05, 3.63) is 65.5 Å². The molecular formula is C16H16F3NO. The maximum Gasteiger partial charge on any atom is 0.387 e. The lowest BCUT2D eigenvalue weighted by Crippen LogP contribution is -2.18. The molecule has 0 heterocycles. The van der Waals surface area contributed by atoms with Gasteiger partial charge in [-0.2, -0.15) is 8.78 Å². The van der Waals surface area contributed by atoms with Crippen molar-refractivity contribution >= 4 is 0 Å². The van der Waals surface area contributed by atoms with Crippen LogP contribution in [0.3, 0.4) is 0 Å². The summed E-state index contributed by atoms with van der Waals surface area (Å²) in [5.41, 5.74) is 1.93. The minimum absolute atomic E-state index is 0.0580. The highest BCUT2D eigenvalue weighted by molar-refractivity contribution is 5.27. The molecule has 5 heteroatoms. The second-order valence-corrected chi connectivity index (χ2v) is 4.68. The molecule has 0 fully saturated rings. The number of nitrogens with one attached hydrogen (secondary N) is 1. The molecular weight excluding hydrogens is 279 g/mol. The van der Waals surface area contributed by atoms with Crippen LogP contribution in [0.15, 0.2) is 48.5 Å². The van der Waals surface area contributed by atoms with Gasteiger partial charge in [0.25, 0.3) is 0 Å². The Morgan fingerprint density at radius 1 is 1.00 bits per heavy atom. The molecule has 2 rings (SSSR count). The first-order valence-electron chi connectivity index (χ1n) is 6.57. The Morgan fingerprint density at radius 3 is 2.19 bits per heavy atom. The SMILES string of the molecule is CC(NCc1ccc(OC(F)F)cc1)c1ccc(F)cc1. The van der Waals surface area contributed by atoms with E-state index in [0.29, 0.717) is 6.54 Å². The molecule has 0 amide bonds. The van der Waals surface area contributed by atoms with Crippen molar-refractivity contribution < 1.29 is 17.9 Å². The number of hydrogen-bond acceptors (Lipinski definition) is 2. The Morgan fingerprint density at radius 2 is 1.62 bits per heavy atom. The van der Waals surface area contributed by atoms with Gasteiger partial charge >= 0.3 is 6.61 Å². The third-order valence-corrected chi connectivity index (χ3v) is 3.13. The zero-order chi connectivity index (χ0) is 15.2. The summed E-state index contributed by atoms with van der Waals surface area (Å²) in [6.45, 7) is -0.262. The van der Waals surface area contributed by atoms with Gasteiger partial charge in [0.15, 0.2) is 0 Å². The average molecular weight is 295 g/mol. The molecule has 0 aliphatic rings. The average Bonchev–Trinajstić information content (AvgIpc) is 2.46. The van der Waals surface area contributed by atoms with E-state index >= 15 is 0 Å². The van der Waals surface area contributed by atoms with Gasteiger partial charge in [-0.3, -0.25) is 0 Å². The van der Waals surface area contributed by atoms with Crippen molar-refractivity contribution in [1.82, 2.24) is 5.32 Å². The van der Waals surface area contributed by atoms with E-state index < -0.39 is 6.61 Å². The van der Waals surface area contributed by atoms with Crippen molar-refractivity contribution in [3.63, 3.8) is 0 Å². The van der Waals surface area contributed by atoms with Crippen molar-refractivity contribution in [2.24, 2.45) is 0 Å². The third kappa shape index (κ3) is 4.79. The van der Waals surface area contributed by atoms with E-state index in [-0.39, 0.29) is 17.6 Å².